The largest absolute Gasteiger partial charge is 0.384 e. The lowest BCUT2D eigenvalue weighted by Gasteiger charge is -2.06. The van der Waals surface area contributed by atoms with Crippen molar-refractivity contribution in [2.45, 2.75) is 13.0 Å². The Morgan fingerprint density at radius 1 is 1.43 bits per heavy atom. The molecule has 0 saturated heterocycles. The highest BCUT2D eigenvalue weighted by Gasteiger charge is 2.10. The fraction of sp³-hybridized carbons (Fsp3) is 0.267. The van der Waals surface area contributed by atoms with E-state index in [1.54, 1.807) is 30.9 Å². The fourth-order valence-electron chi connectivity index (χ4n) is 1.79. The van der Waals surface area contributed by atoms with E-state index < -0.39 is 0 Å². The van der Waals surface area contributed by atoms with Crippen LogP contribution in [0.4, 0.5) is 0 Å². The van der Waals surface area contributed by atoms with Crippen molar-refractivity contribution in [3.05, 3.63) is 48.3 Å². The predicted molar refractivity (Wildman–Crippen MR) is 77.4 cm³/mol. The first kappa shape index (κ1) is 14.8. The number of pyridine rings is 1. The lowest BCUT2D eigenvalue weighted by Crippen LogP contribution is -2.26. The smallest absolute Gasteiger partial charge is 0.271 e. The lowest BCUT2D eigenvalue weighted by molar-refractivity contribution is 0.0947. The molecule has 0 radical (unpaired) electrons. The Hall–Kier alpha value is -2.65. The monoisotopic (exact) mass is 284 g/mol. The normalized spacial score (nSPS) is 9.76. The molecule has 2 rings (SSSR count). The first-order chi connectivity index (χ1) is 10.3. The molecule has 0 saturated carbocycles. The third kappa shape index (κ3) is 4.44. The number of carbonyl (C=O) groups is 1. The minimum Gasteiger partial charge on any atom is -0.384 e. The minimum absolute atomic E-state index is 0.249. The van der Waals surface area contributed by atoms with Crippen molar-refractivity contribution in [3.63, 3.8) is 0 Å². The quantitative estimate of drug-likeness (QED) is 0.617. The molecular formula is C15H16N4O2. The average molecular weight is 284 g/mol. The molecule has 0 aliphatic rings. The summed E-state index contributed by atoms with van der Waals surface area (Å²) in [4.78, 5) is 20.1. The molecule has 0 aliphatic carbocycles. The number of hydrogen-bond donors (Lipinski definition) is 2. The van der Waals surface area contributed by atoms with Gasteiger partial charge in [-0.1, -0.05) is 11.8 Å². The van der Waals surface area contributed by atoms with Gasteiger partial charge >= 0.3 is 0 Å². The Morgan fingerprint density at radius 2 is 2.33 bits per heavy atom. The van der Waals surface area contributed by atoms with E-state index in [-0.39, 0.29) is 18.2 Å². The molecule has 108 valence electrons. The number of nitrogens with zero attached hydrogens (tertiary/aromatic N) is 3. The van der Waals surface area contributed by atoms with Gasteiger partial charge in [-0.05, 0) is 18.6 Å². The SMILES string of the molecule is O=C(NCCCn1ccnc1)c1ncccc1C#CCO. The Labute approximate surface area is 122 Å². The van der Waals surface area contributed by atoms with Gasteiger partial charge in [-0.2, -0.15) is 0 Å². The van der Waals surface area contributed by atoms with Gasteiger partial charge in [0.1, 0.15) is 12.3 Å². The third-order valence-electron chi connectivity index (χ3n) is 2.76. The Morgan fingerprint density at radius 3 is 3.10 bits per heavy atom. The van der Waals surface area contributed by atoms with Gasteiger partial charge in [-0.25, -0.2) is 9.97 Å². The molecular weight excluding hydrogens is 268 g/mol. The first-order valence-electron chi connectivity index (χ1n) is 6.60. The number of aliphatic hydroxyl groups is 1. The van der Waals surface area contributed by atoms with Crippen LogP contribution in [0.1, 0.15) is 22.5 Å². The summed E-state index contributed by atoms with van der Waals surface area (Å²) >= 11 is 0. The Kier molecular flexibility index (Phi) is 5.50. The lowest BCUT2D eigenvalue weighted by atomic mass is 10.2. The van der Waals surface area contributed by atoms with Gasteiger partial charge in [0.15, 0.2) is 0 Å². The van der Waals surface area contributed by atoms with E-state index in [9.17, 15) is 4.79 Å². The van der Waals surface area contributed by atoms with Crippen molar-refractivity contribution in [3.8, 4) is 11.8 Å². The zero-order chi connectivity index (χ0) is 14.9. The van der Waals surface area contributed by atoms with E-state index >= 15 is 0 Å². The molecule has 0 spiro atoms. The van der Waals surface area contributed by atoms with Crippen molar-refractivity contribution in [2.24, 2.45) is 0 Å². The van der Waals surface area contributed by atoms with E-state index in [0.29, 0.717) is 12.1 Å². The van der Waals surface area contributed by atoms with Gasteiger partial charge in [0.05, 0.1) is 11.9 Å². The summed E-state index contributed by atoms with van der Waals surface area (Å²) < 4.78 is 1.95. The molecule has 0 atom stereocenters. The second kappa shape index (κ2) is 7.82. The topological polar surface area (TPSA) is 80.0 Å². The first-order valence-corrected chi connectivity index (χ1v) is 6.60. The van der Waals surface area contributed by atoms with Crippen molar-refractivity contribution >= 4 is 5.91 Å². The van der Waals surface area contributed by atoms with Crippen LogP contribution in [-0.4, -0.2) is 38.7 Å². The molecule has 0 bridgehead atoms. The predicted octanol–water partition coefficient (Wildman–Crippen LogP) is 0.442. The number of rotatable bonds is 5. The Balaban J connectivity index is 1.88. The molecule has 21 heavy (non-hydrogen) atoms. The van der Waals surface area contributed by atoms with Crippen LogP contribution in [0.2, 0.25) is 0 Å². The second-order valence-electron chi connectivity index (χ2n) is 4.27. The summed E-state index contributed by atoms with van der Waals surface area (Å²) in [6, 6.07) is 3.41. The average Bonchev–Trinajstić information content (AvgIpc) is 3.03. The molecule has 0 aromatic carbocycles. The van der Waals surface area contributed by atoms with Gasteiger partial charge < -0.3 is 15.0 Å². The van der Waals surface area contributed by atoms with Gasteiger partial charge in [-0.15, -0.1) is 0 Å². The van der Waals surface area contributed by atoms with Crippen molar-refractivity contribution in [1.29, 1.82) is 0 Å². The number of aliphatic hydroxyl groups excluding tert-OH is 1. The molecule has 2 aromatic rings. The van der Waals surface area contributed by atoms with Crippen LogP contribution in [-0.2, 0) is 6.54 Å². The summed E-state index contributed by atoms with van der Waals surface area (Å²) in [7, 11) is 0. The van der Waals surface area contributed by atoms with Gasteiger partial charge in [-0.3, -0.25) is 4.79 Å². The Bertz CT molecular complexity index is 641. The van der Waals surface area contributed by atoms with E-state index in [1.807, 2.05) is 10.8 Å². The number of carbonyl (C=O) groups excluding carboxylic acids is 1. The maximum atomic E-state index is 12.1. The summed E-state index contributed by atoms with van der Waals surface area (Å²) in [5.74, 6) is 4.98. The van der Waals surface area contributed by atoms with Crippen LogP contribution in [0.25, 0.3) is 0 Å². The second-order valence-corrected chi connectivity index (χ2v) is 4.27. The number of aryl methyl sites for hydroxylation is 1. The third-order valence-corrected chi connectivity index (χ3v) is 2.76. The summed E-state index contributed by atoms with van der Waals surface area (Å²) in [5, 5.41) is 11.5. The van der Waals surface area contributed by atoms with Crippen LogP contribution in [0.15, 0.2) is 37.1 Å². The minimum atomic E-state index is -0.261. The highest BCUT2D eigenvalue weighted by Crippen LogP contribution is 2.03. The van der Waals surface area contributed by atoms with E-state index in [0.717, 1.165) is 13.0 Å². The number of aromatic nitrogens is 3. The zero-order valence-corrected chi connectivity index (χ0v) is 11.5. The van der Waals surface area contributed by atoms with E-state index in [2.05, 4.69) is 27.1 Å². The maximum Gasteiger partial charge on any atom is 0.271 e. The zero-order valence-electron chi connectivity index (χ0n) is 11.5. The van der Waals surface area contributed by atoms with E-state index in [1.165, 1.54) is 0 Å². The van der Waals surface area contributed by atoms with Crippen LogP contribution in [0, 0.1) is 11.8 Å². The van der Waals surface area contributed by atoms with Gasteiger partial charge in [0.25, 0.3) is 5.91 Å². The molecule has 0 fully saturated rings. The van der Waals surface area contributed by atoms with Crippen LogP contribution >= 0.6 is 0 Å². The summed E-state index contributed by atoms with van der Waals surface area (Å²) in [6.07, 6.45) is 7.68. The summed E-state index contributed by atoms with van der Waals surface area (Å²) in [5.41, 5.74) is 0.791. The molecule has 0 aliphatic heterocycles. The van der Waals surface area contributed by atoms with Crippen LogP contribution in [0.3, 0.4) is 0 Å². The van der Waals surface area contributed by atoms with E-state index in [4.69, 9.17) is 5.11 Å². The van der Waals surface area contributed by atoms with Gasteiger partial charge in [0.2, 0.25) is 0 Å². The molecule has 0 unspecified atom stereocenters. The summed E-state index contributed by atoms with van der Waals surface area (Å²) in [6.45, 7) is 1.08. The number of nitrogens with one attached hydrogen (secondary N) is 1. The molecule has 2 heterocycles. The van der Waals surface area contributed by atoms with Crippen molar-refractivity contribution in [1.82, 2.24) is 19.9 Å². The fourth-order valence-corrected chi connectivity index (χ4v) is 1.79. The molecule has 1 amide bonds. The molecule has 2 aromatic heterocycles. The maximum absolute atomic E-state index is 12.1. The molecule has 2 N–H and O–H groups in total. The van der Waals surface area contributed by atoms with Crippen LogP contribution < -0.4 is 5.32 Å². The highest BCUT2D eigenvalue weighted by atomic mass is 16.2. The highest BCUT2D eigenvalue weighted by molar-refractivity contribution is 5.94. The number of hydrogen-bond acceptors (Lipinski definition) is 4. The number of imidazole rings is 1. The van der Waals surface area contributed by atoms with Crippen molar-refractivity contribution < 1.29 is 9.90 Å². The van der Waals surface area contributed by atoms with Crippen molar-refractivity contribution in [2.75, 3.05) is 13.2 Å². The standard InChI is InChI=1S/C15H16N4O2/c20-11-2-5-13-4-1-6-17-14(13)15(21)18-7-3-9-19-10-8-16-12-19/h1,4,6,8,10,12,20H,3,7,9,11H2,(H,18,21). The molecule has 6 heteroatoms. The van der Waals surface area contributed by atoms with Gasteiger partial charge in [0, 0.05) is 31.7 Å². The van der Waals surface area contributed by atoms with Crippen LogP contribution in [0.5, 0.6) is 0 Å². The number of amides is 1. The molecule has 6 nitrogen and oxygen atoms in total.